The van der Waals surface area contributed by atoms with E-state index < -0.39 is 28.6 Å². The van der Waals surface area contributed by atoms with Gasteiger partial charge in [0.1, 0.15) is 6.10 Å². The molecule has 1 heterocycles. The van der Waals surface area contributed by atoms with E-state index in [1.165, 1.54) is 28.6 Å². The molecule has 8 nitrogen and oxygen atoms in total. The Morgan fingerprint density at radius 1 is 1.19 bits per heavy atom. The fourth-order valence-corrected chi connectivity index (χ4v) is 5.83. The van der Waals surface area contributed by atoms with Crippen LogP contribution in [-0.2, 0) is 29.0 Å². The van der Waals surface area contributed by atoms with Gasteiger partial charge in [0.15, 0.2) is 6.61 Å². The average molecular weight is 468 g/mol. The Hall–Kier alpha value is -1.97. The number of carbonyl (C=O) groups is 2. The number of carbonyl (C=O) groups excluding carboxylic acids is 2. The van der Waals surface area contributed by atoms with Crippen molar-refractivity contribution in [2.24, 2.45) is 17.8 Å². The summed E-state index contributed by atoms with van der Waals surface area (Å²) in [5, 5.41) is 0. The minimum absolute atomic E-state index is 0.00685. The van der Waals surface area contributed by atoms with Crippen LogP contribution < -0.4 is 0 Å². The van der Waals surface area contributed by atoms with Gasteiger partial charge in [-0.1, -0.05) is 33.3 Å². The minimum atomic E-state index is -3.73. The highest BCUT2D eigenvalue weighted by molar-refractivity contribution is 7.89. The van der Waals surface area contributed by atoms with Crippen molar-refractivity contribution in [3.05, 3.63) is 29.8 Å². The largest absolute Gasteiger partial charge is 0.460 e. The molecule has 1 saturated heterocycles. The fraction of sp³-hybridized carbons (Fsp3) is 0.652. The van der Waals surface area contributed by atoms with Crippen molar-refractivity contribution in [3.8, 4) is 0 Å². The number of esters is 2. The van der Waals surface area contributed by atoms with Crippen LogP contribution in [0.3, 0.4) is 0 Å². The Bertz CT molecular complexity index is 909. The molecule has 3 atom stereocenters. The lowest BCUT2D eigenvalue weighted by Gasteiger charge is -2.36. The Labute approximate surface area is 190 Å². The van der Waals surface area contributed by atoms with Gasteiger partial charge in [0, 0.05) is 13.1 Å². The summed E-state index contributed by atoms with van der Waals surface area (Å²) < 4.78 is 42.9. The van der Waals surface area contributed by atoms with Gasteiger partial charge >= 0.3 is 11.9 Å². The molecule has 3 rings (SSSR count). The predicted octanol–water partition coefficient (Wildman–Crippen LogP) is 2.87. The molecule has 3 unspecified atom stereocenters. The summed E-state index contributed by atoms with van der Waals surface area (Å²) in [7, 11) is -3.73. The summed E-state index contributed by atoms with van der Waals surface area (Å²) in [5.41, 5.74) is 0.0680. The van der Waals surface area contributed by atoms with Gasteiger partial charge in [0.25, 0.3) is 0 Å². The molecule has 1 saturated carbocycles. The Morgan fingerprint density at radius 3 is 2.59 bits per heavy atom. The van der Waals surface area contributed by atoms with Crippen LogP contribution in [0.15, 0.2) is 29.2 Å². The van der Waals surface area contributed by atoms with E-state index in [2.05, 4.69) is 20.8 Å². The molecule has 0 amide bonds. The summed E-state index contributed by atoms with van der Waals surface area (Å²) in [6.07, 6.45) is 2.77. The first-order chi connectivity index (χ1) is 15.2. The monoisotopic (exact) mass is 467 g/mol. The van der Waals surface area contributed by atoms with Crippen LogP contribution in [0.4, 0.5) is 0 Å². The molecule has 0 bridgehead atoms. The fourth-order valence-electron chi connectivity index (χ4n) is 4.38. The van der Waals surface area contributed by atoms with Gasteiger partial charge in [-0.25, -0.2) is 18.0 Å². The van der Waals surface area contributed by atoms with E-state index in [-0.39, 0.29) is 29.7 Å². The van der Waals surface area contributed by atoms with E-state index in [0.29, 0.717) is 31.0 Å². The third kappa shape index (κ3) is 6.08. The maximum atomic E-state index is 12.8. The first kappa shape index (κ1) is 24.7. The Kier molecular flexibility index (Phi) is 8.30. The van der Waals surface area contributed by atoms with Crippen LogP contribution in [0.25, 0.3) is 0 Å². The van der Waals surface area contributed by atoms with Gasteiger partial charge in [-0.15, -0.1) is 0 Å². The normalized spacial score (nSPS) is 24.8. The lowest BCUT2D eigenvalue weighted by atomic mass is 9.75. The van der Waals surface area contributed by atoms with Crippen LogP contribution in [0.1, 0.15) is 50.4 Å². The summed E-state index contributed by atoms with van der Waals surface area (Å²) in [5.74, 6) is -0.160. The number of hydrogen-bond donors (Lipinski definition) is 0. The number of ether oxygens (including phenoxy) is 3. The van der Waals surface area contributed by atoms with Crippen LogP contribution in [0.2, 0.25) is 0 Å². The zero-order chi connectivity index (χ0) is 23.3. The first-order valence-electron chi connectivity index (χ1n) is 11.2. The third-order valence-corrected chi connectivity index (χ3v) is 8.14. The van der Waals surface area contributed by atoms with Gasteiger partial charge in [0.05, 0.1) is 23.7 Å². The summed E-state index contributed by atoms with van der Waals surface area (Å²) >= 11 is 0. The molecule has 1 aromatic rings. The summed E-state index contributed by atoms with van der Waals surface area (Å²) in [6.45, 7) is 7.09. The highest BCUT2D eigenvalue weighted by atomic mass is 32.2. The Morgan fingerprint density at radius 2 is 1.91 bits per heavy atom. The van der Waals surface area contributed by atoms with Gasteiger partial charge in [0.2, 0.25) is 10.0 Å². The van der Waals surface area contributed by atoms with Crippen molar-refractivity contribution in [2.45, 2.75) is 51.0 Å². The minimum Gasteiger partial charge on any atom is -0.460 e. The van der Waals surface area contributed by atoms with E-state index in [1.807, 2.05) is 0 Å². The van der Waals surface area contributed by atoms with Crippen molar-refractivity contribution in [3.63, 3.8) is 0 Å². The van der Waals surface area contributed by atoms with Crippen molar-refractivity contribution in [2.75, 3.05) is 32.9 Å². The first-order valence-corrected chi connectivity index (χ1v) is 12.7. The number of morpholine rings is 1. The van der Waals surface area contributed by atoms with Crippen molar-refractivity contribution in [1.82, 2.24) is 4.31 Å². The number of benzene rings is 1. The van der Waals surface area contributed by atoms with Gasteiger partial charge in [-0.05, 0) is 48.8 Å². The van der Waals surface area contributed by atoms with Crippen LogP contribution in [0.5, 0.6) is 0 Å². The van der Waals surface area contributed by atoms with Crippen LogP contribution >= 0.6 is 0 Å². The highest BCUT2D eigenvalue weighted by Crippen LogP contribution is 2.35. The lowest BCUT2D eigenvalue weighted by molar-refractivity contribution is -0.159. The van der Waals surface area contributed by atoms with Crippen molar-refractivity contribution < 1.29 is 32.2 Å². The molecular weight excluding hydrogens is 434 g/mol. The molecule has 32 heavy (non-hydrogen) atoms. The SMILES string of the molecule is CC1CCC(C(C)C)C(OC(=O)COC(=O)c2cccc(S(=O)(=O)N3CCOCC3)c2)C1. The zero-order valence-corrected chi connectivity index (χ0v) is 19.8. The number of sulfonamides is 1. The molecule has 9 heteroatoms. The standard InChI is InChI=1S/C23H33NO7S/c1-16(2)20-8-7-17(3)13-21(20)31-22(25)15-30-23(26)18-5-4-6-19(14-18)32(27,28)24-9-11-29-12-10-24/h4-6,14,16-17,20-21H,7-13,15H2,1-3H3. The van der Waals surface area contributed by atoms with E-state index in [1.54, 1.807) is 0 Å². The molecule has 1 aliphatic heterocycles. The smallest absolute Gasteiger partial charge is 0.344 e. The van der Waals surface area contributed by atoms with Gasteiger partial charge < -0.3 is 14.2 Å². The third-order valence-electron chi connectivity index (χ3n) is 6.24. The second-order valence-corrected chi connectivity index (χ2v) is 10.9. The van der Waals surface area contributed by atoms with Gasteiger partial charge in [-0.2, -0.15) is 4.31 Å². The lowest BCUT2D eigenvalue weighted by Crippen LogP contribution is -2.40. The second-order valence-electron chi connectivity index (χ2n) is 8.97. The molecule has 0 N–H and O–H groups in total. The molecule has 0 radical (unpaired) electrons. The van der Waals surface area contributed by atoms with Crippen LogP contribution in [-0.4, -0.2) is 63.7 Å². The Balaban J connectivity index is 1.59. The molecule has 2 fully saturated rings. The van der Waals surface area contributed by atoms with E-state index >= 15 is 0 Å². The molecule has 1 aliphatic carbocycles. The molecular formula is C23H33NO7S. The van der Waals surface area contributed by atoms with E-state index in [9.17, 15) is 18.0 Å². The predicted molar refractivity (Wildman–Crippen MR) is 118 cm³/mol. The maximum Gasteiger partial charge on any atom is 0.344 e. The molecule has 0 aromatic heterocycles. The molecule has 178 valence electrons. The highest BCUT2D eigenvalue weighted by Gasteiger charge is 2.33. The van der Waals surface area contributed by atoms with Crippen molar-refractivity contribution >= 4 is 22.0 Å². The number of rotatable bonds is 7. The topological polar surface area (TPSA) is 99.2 Å². The molecule has 0 spiro atoms. The van der Waals surface area contributed by atoms with Gasteiger partial charge in [-0.3, -0.25) is 0 Å². The molecule has 1 aromatic carbocycles. The zero-order valence-electron chi connectivity index (χ0n) is 19.0. The average Bonchev–Trinajstić information content (AvgIpc) is 2.78. The quantitative estimate of drug-likeness (QED) is 0.569. The molecule has 2 aliphatic rings. The van der Waals surface area contributed by atoms with E-state index in [4.69, 9.17) is 14.2 Å². The summed E-state index contributed by atoms with van der Waals surface area (Å²) in [4.78, 5) is 24.8. The maximum absolute atomic E-state index is 12.8. The number of nitrogens with zero attached hydrogens (tertiary/aromatic N) is 1. The second kappa shape index (κ2) is 10.8. The number of hydrogen-bond acceptors (Lipinski definition) is 7. The summed E-state index contributed by atoms with van der Waals surface area (Å²) in [6, 6.07) is 5.66. The van der Waals surface area contributed by atoms with Crippen molar-refractivity contribution in [1.29, 1.82) is 0 Å². The van der Waals surface area contributed by atoms with Crippen LogP contribution in [0, 0.1) is 17.8 Å². The van der Waals surface area contributed by atoms with E-state index in [0.717, 1.165) is 19.3 Å².